The molecule has 0 aliphatic carbocycles. The highest BCUT2D eigenvalue weighted by Gasteiger charge is 2.11. The summed E-state index contributed by atoms with van der Waals surface area (Å²) in [4.78, 5) is 15.5. The number of amides is 1. The van der Waals surface area contributed by atoms with Gasteiger partial charge in [0.15, 0.2) is 0 Å². The summed E-state index contributed by atoms with van der Waals surface area (Å²) in [6, 6.07) is 3.41. The zero-order valence-electron chi connectivity index (χ0n) is 8.47. The lowest BCUT2D eigenvalue weighted by molar-refractivity contribution is 0.102. The number of aromatic nitrogens is 3. The predicted molar refractivity (Wildman–Crippen MR) is 61.6 cm³/mol. The molecular formula is C9H9N5OS. The molecule has 0 aromatic carbocycles. The van der Waals surface area contributed by atoms with Crippen LogP contribution in [0.1, 0.15) is 9.80 Å². The van der Waals surface area contributed by atoms with Gasteiger partial charge in [-0.25, -0.2) is 0 Å². The van der Waals surface area contributed by atoms with Crippen LogP contribution in [0.3, 0.4) is 0 Å². The van der Waals surface area contributed by atoms with E-state index in [1.54, 1.807) is 31.6 Å². The van der Waals surface area contributed by atoms with Gasteiger partial charge in [-0.2, -0.15) is 0 Å². The normalized spacial score (nSPS) is 9.81. The van der Waals surface area contributed by atoms with Crippen molar-refractivity contribution in [3.05, 3.63) is 29.5 Å². The van der Waals surface area contributed by atoms with Crippen LogP contribution < -0.4 is 10.6 Å². The number of nitrogens with one attached hydrogen (secondary N) is 2. The molecule has 0 aliphatic heterocycles. The number of carbonyl (C=O) groups excluding carboxylic acids is 1. The number of pyridine rings is 1. The lowest BCUT2D eigenvalue weighted by Crippen LogP contribution is -2.11. The summed E-state index contributed by atoms with van der Waals surface area (Å²) < 4.78 is 0. The Morgan fingerprint density at radius 3 is 2.69 bits per heavy atom. The van der Waals surface area contributed by atoms with E-state index in [1.165, 1.54) is 11.3 Å². The van der Waals surface area contributed by atoms with Gasteiger partial charge in [-0.05, 0) is 12.1 Å². The quantitative estimate of drug-likeness (QED) is 0.836. The van der Waals surface area contributed by atoms with Gasteiger partial charge in [-0.3, -0.25) is 9.78 Å². The highest BCUT2D eigenvalue weighted by atomic mass is 32.1. The highest BCUT2D eigenvalue weighted by Crippen LogP contribution is 2.15. The Morgan fingerprint density at radius 2 is 2.06 bits per heavy atom. The summed E-state index contributed by atoms with van der Waals surface area (Å²) in [5.41, 5.74) is 0.682. The molecule has 2 rings (SSSR count). The average molecular weight is 235 g/mol. The Bertz CT molecular complexity index is 484. The van der Waals surface area contributed by atoms with E-state index in [9.17, 15) is 4.79 Å². The summed E-state index contributed by atoms with van der Waals surface area (Å²) in [5.74, 6) is -0.273. The topological polar surface area (TPSA) is 79.8 Å². The molecule has 6 nitrogen and oxygen atoms in total. The lowest BCUT2D eigenvalue weighted by atomic mass is 10.4. The van der Waals surface area contributed by atoms with Crippen LogP contribution in [0.2, 0.25) is 0 Å². The molecule has 2 N–H and O–H groups in total. The third kappa shape index (κ3) is 2.31. The van der Waals surface area contributed by atoms with E-state index in [1.807, 2.05) is 0 Å². The van der Waals surface area contributed by atoms with Gasteiger partial charge in [0.05, 0.1) is 0 Å². The predicted octanol–water partition coefficient (Wildman–Crippen LogP) is 1.23. The second-order valence-electron chi connectivity index (χ2n) is 2.85. The Morgan fingerprint density at radius 1 is 1.31 bits per heavy atom. The van der Waals surface area contributed by atoms with Gasteiger partial charge < -0.3 is 10.6 Å². The molecule has 7 heteroatoms. The first-order valence-corrected chi connectivity index (χ1v) is 5.34. The second kappa shape index (κ2) is 4.67. The van der Waals surface area contributed by atoms with Crippen LogP contribution in [-0.2, 0) is 0 Å². The Kier molecular flexibility index (Phi) is 3.06. The number of nitrogens with zero attached hydrogens (tertiary/aromatic N) is 3. The summed E-state index contributed by atoms with van der Waals surface area (Å²) in [6.07, 6.45) is 3.21. The fourth-order valence-corrected chi connectivity index (χ4v) is 1.63. The number of carbonyl (C=O) groups is 1. The smallest absolute Gasteiger partial charge is 0.286 e. The molecule has 0 saturated heterocycles. The van der Waals surface area contributed by atoms with Gasteiger partial charge >= 0.3 is 0 Å². The van der Waals surface area contributed by atoms with Gasteiger partial charge in [0.2, 0.25) is 10.1 Å². The van der Waals surface area contributed by atoms with Crippen molar-refractivity contribution in [3.8, 4) is 0 Å². The summed E-state index contributed by atoms with van der Waals surface area (Å²) in [6.45, 7) is 0. The minimum Gasteiger partial charge on any atom is -0.363 e. The SMILES string of the molecule is CNc1nnc(C(=O)Nc2ccncc2)s1. The van der Waals surface area contributed by atoms with Gasteiger partial charge in [0, 0.05) is 25.1 Å². The average Bonchev–Trinajstić information content (AvgIpc) is 2.79. The highest BCUT2D eigenvalue weighted by molar-refractivity contribution is 7.17. The minimum absolute atomic E-state index is 0.273. The van der Waals surface area contributed by atoms with Crippen LogP contribution in [0.25, 0.3) is 0 Å². The summed E-state index contributed by atoms with van der Waals surface area (Å²) >= 11 is 1.20. The number of hydrogen-bond acceptors (Lipinski definition) is 6. The van der Waals surface area contributed by atoms with Gasteiger partial charge in [-0.15, -0.1) is 10.2 Å². The van der Waals surface area contributed by atoms with Crippen molar-refractivity contribution in [1.29, 1.82) is 0 Å². The maximum Gasteiger partial charge on any atom is 0.286 e. The van der Waals surface area contributed by atoms with E-state index in [0.717, 1.165) is 0 Å². The monoisotopic (exact) mass is 235 g/mol. The summed E-state index contributed by atoms with van der Waals surface area (Å²) in [7, 11) is 1.73. The molecule has 2 aromatic rings. The van der Waals surface area contributed by atoms with Crippen LogP contribution in [-0.4, -0.2) is 28.1 Å². The third-order valence-electron chi connectivity index (χ3n) is 1.77. The van der Waals surface area contributed by atoms with Gasteiger partial charge in [0.25, 0.3) is 5.91 Å². The number of hydrogen-bond donors (Lipinski definition) is 2. The Labute approximate surface area is 95.7 Å². The van der Waals surface area contributed by atoms with E-state index in [2.05, 4.69) is 25.8 Å². The minimum atomic E-state index is -0.273. The van der Waals surface area contributed by atoms with E-state index >= 15 is 0 Å². The second-order valence-corrected chi connectivity index (χ2v) is 3.83. The molecular weight excluding hydrogens is 226 g/mol. The summed E-state index contributed by atoms with van der Waals surface area (Å²) in [5, 5.41) is 14.0. The van der Waals surface area contributed by atoms with E-state index < -0.39 is 0 Å². The third-order valence-corrected chi connectivity index (χ3v) is 2.71. The largest absolute Gasteiger partial charge is 0.363 e. The first kappa shape index (κ1) is 10.5. The van der Waals surface area contributed by atoms with Crippen molar-refractivity contribution in [2.45, 2.75) is 0 Å². The molecule has 0 fully saturated rings. The van der Waals surface area contributed by atoms with E-state index in [0.29, 0.717) is 15.8 Å². The van der Waals surface area contributed by atoms with Crippen molar-refractivity contribution in [3.63, 3.8) is 0 Å². The zero-order chi connectivity index (χ0) is 11.4. The fourth-order valence-electron chi connectivity index (χ4n) is 1.04. The molecule has 0 radical (unpaired) electrons. The molecule has 0 spiro atoms. The van der Waals surface area contributed by atoms with Crippen molar-refractivity contribution in [2.24, 2.45) is 0 Å². The van der Waals surface area contributed by atoms with E-state index in [-0.39, 0.29) is 5.91 Å². The van der Waals surface area contributed by atoms with Crippen molar-refractivity contribution >= 4 is 28.1 Å². The van der Waals surface area contributed by atoms with Crippen LogP contribution in [0.4, 0.5) is 10.8 Å². The zero-order valence-corrected chi connectivity index (χ0v) is 9.28. The van der Waals surface area contributed by atoms with Crippen LogP contribution >= 0.6 is 11.3 Å². The molecule has 0 unspecified atom stereocenters. The maximum absolute atomic E-state index is 11.7. The van der Waals surface area contributed by atoms with Gasteiger partial charge in [-0.1, -0.05) is 11.3 Å². The van der Waals surface area contributed by atoms with Crippen LogP contribution in [0.5, 0.6) is 0 Å². The lowest BCUT2D eigenvalue weighted by Gasteiger charge is -2.00. The molecule has 0 atom stereocenters. The first-order valence-electron chi connectivity index (χ1n) is 4.52. The van der Waals surface area contributed by atoms with Crippen molar-refractivity contribution < 1.29 is 4.79 Å². The molecule has 2 heterocycles. The maximum atomic E-state index is 11.7. The van der Waals surface area contributed by atoms with Gasteiger partial charge in [0.1, 0.15) is 0 Å². The molecule has 1 amide bonds. The van der Waals surface area contributed by atoms with Crippen LogP contribution in [0.15, 0.2) is 24.5 Å². The van der Waals surface area contributed by atoms with Crippen molar-refractivity contribution in [1.82, 2.24) is 15.2 Å². The van der Waals surface area contributed by atoms with E-state index in [4.69, 9.17) is 0 Å². The van der Waals surface area contributed by atoms with Crippen LogP contribution in [0, 0.1) is 0 Å². The fraction of sp³-hybridized carbons (Fsp3) is 0.111. The molecule has 0 aliphatic rings. The Balaban J connectivity index is 2.09. The Hall–Kier alpha value is -2.02. The van der Waals surface area contributed by atoms with Crippen molar-refractivity contribution in [2.75, 3.05) is 17.7 Å². The molecule has 82 valence electrons. The number of anilines is 2. The first-order chi connectivity index (χ1) is 7.79. The molecule has 0 bridgehead atoms. The molecule has 2 aromatic heterocycles. The standard InChI is InChI=1S/C9H9N5OS/c1-10-9-14-13-8(16-9)7(15)12-6-2-4-11-5-3-6/h2-5H,1H3,(H,10,14)(H,11,12,15). The molecule has 0 saturated carbocycles. The molecule has 16 heavy (non-hydrogen) atoms. The number of rotatable bonds is 3.